The first-order valence-corrected chi connectivity index (χ1v) is 6.49. The molecule has 4 N–H and O–H groups in total. The second-order valence-corrected chi connectivity index (χ2v) is 5.41. The lowest BCUT2D eigenvalue weighted by Gasteiger charge is -2.38. The van der Waals surface area contributed by atoms with E-state index in [1.165, 1.54) is 0 Å². The van der Waals surface area contributed by atoms with Crippen molar-refractivity contribution in [2.75, 3.05) is 5.32 Å². The predicted octanol–water partition coefficient (Wildman–Crippen LogP) is 2.85. The van der Waals surface area contributed by atoms with Gasteiger partial charge >= 0.3 is 0 Å². The van der Waals surface area contributed by atoms with Gasteiger partial charge in [-0.15, -0.1) is 0 Å². The molecule has 0 saturated heterocycles. The first-order valence-electron chi connectivity index (χ1n) is 5.73. The Kier molecular flexibility index (Phi) is 3.87. The summed E-state index contributed by atoms with van der Waals surface area (Å²) in [6.45, 7) is 0. The van der Waals surface area contributed by atoms with Crippen LogP contribution in [-0.2, 0) is 4.79 Å². The van der Waals surface area contributed by atoms with Crippen molar-refractivity contribution in [1.82, 2.24) is 0 Å². The topological polar surface area (TPSA) is 87.7 Å². The van der Waals surface area contributed by atoms with Crippen molar-refractivity contribution in [1.29, 1.82) is 0 Å². The third kappa shape index (κ3) is 2.62. The molecule has 0 aliphatic heterocycles. The summed E-state index contributed by atoms with van der Waals surface area (Å²) in [6, 6.07) is 4.75. The zero-order valence-electron chi connectivity index (χ0n) is 9.99. The number of halogens is 2. The van der Waals surface area contributed by atoms with Gasteiger partial charge in [-0.05, 0) is 31.0 Å². The highest BCUT2D eigenvalue weighted by Crippen LogP contribution is 2.42. The monoisotopic (exact) mass is 301 g/mol. The molecule has 0 unspecified atom stereocenters. The molecule has 0 spiro atoms. The third-order valence-corrected chi connectivity index (χ3v) is 3.80. The molecule has 2 rings (SSSR count). The van der Waals surface area contributed by atoms with Gasteiger partial charge in [-0.3, -0.25) is 4.79 Å². The molecule has 0 heterocycles. The summed E-state index contributed by atoms with van der Waals surface area (Å²) < 4.78 is 0. The second-order valence-electron chi connectivity index (χ2n) is 4.53. The van der Waals surface area contributed by atoms with Crippen LogP contribution in [0.4, 0.5) is 5.69 Å². The van der Waals surface area contributed by atoms with E-state index in [1.54, 1.807) is 18.2 Å². The predicted molar refractivity (Wildman–Crippen MR) is 74.8 cm³/mol. The van der Waals surface area contributed by atoms with Gasteiger partial charge in [-0.2, -0.15) is 0 Å². The first-order chi connectivity index (χ1) is 8.98. The number of carbonyl (C=O) groups excluding carboxylic acids is 1. The summed E-state index contributed by atoms with van der Waals surface area (Å²) in [5, 5.41) is 15.3. The van der Waals surface area contributed by atoms with Crippen molar-refractivity contribution in [2.45, 2.75) is 19.3 Å². The number of amides is 1. The van der Waals surface area contributed by atoms with Crippen LogP contribution < -0.4 is 11.1 Å². The van der Waals surface area contributed by atoms with E-state index in [1.807, 2.05) is 0 Å². The molecule has 1 fully saturated rings. The normalized spacial score (nSPS) is 17.7. The molecular weight excluding hydrogens is 289 g/mol. The number of anilines is 1. The lowest BCUT2D eigenvalue weighted by atomic mass is 9.67. The quantitative estimate of drug-likeness (QED) is 0.347. The lowest BCUT2D eigenvalue weighted by Crippen LogP contribution is -2.51. The highest BCUT2D eigenvalue weighted by Gasteiger charge is 2.48. The molecule has 1 aliphatic carbocycles. The smallest absolute Gasteiger partial charge is 0.238 e. The van der Waals surface area contributed by atoms with Gasteiger partial charge in [-0.25, -0.2) is 0 Å². The summed E-state index contributed by atoms with van der Waals surface area (Å²) >= 11 is 11.7. The number of rotatable bonds is 3. The summed E-state index contributed by atoms with van der Waals surface area (Å²) in [5.41, 5.74) is 5.17. The molecule has 0 aromatic heterocycles. The molecule has 0 bridgehead atoms. The lowest BCUT2D eigenvalue weighted by molar-refractivity contribution is -0.125. The maximum Gasteiger partial charge on any atom is 0.238 e. The van der Waals surface area contributed by atoms with Crippen LogP contribution in [0.15, 0.2) is 23.4 Å². The Morgan fingerprint density at radius 1 is 1.32 bits per heavy atom. The highest BCUT2D eigenvalue weighted by molar-refractivity contribution is 6.35. The van der Waals surface area contributed by atoms with E-state index in [9.17, 15) is 4.79 Å². The molecule has 7 heteroatoms. The van der Waals surface area contributed by atoms with E-state index in [0.717, 1.165) is 6.42 Å². The summed E-state index contributed by atoms with van der Waals surface area (Å²) in [7, 11) is 0. The number of nitrogens with two attached hydrogens (primary N) is 1. The average Bonchev–Trinajstić information content (AvgIpc) is 2.25. The third-order valence-electron chi connectivity index (χ3n) is 3.36. The van der Waals surface area contributed by atoms with E-state index in [-0.39, 0.29) is 11.7 Å². The van der Waals surface area contributed by atoms with Crippen molar-refractivity contribution >= 4 is 40.6 Å². The number of benzene rings is 1. The van der Waals surface area contributed by atoms with E-state index in [0.29, 0.717) is 28.6 Å². The molecule has 1 aromatic rings. The molecule has 1 aliphatic rings. The Labute approximate surface area is 120 Å². The number of nitrogens with zero attached hydrogens (tertiary/aromatic N) is 1. The minimum absolute atomic E-state index is 0.0654. The number of amidine groups is 1. The number of oxime groups is 1. The summed E-state index contributed by atoms with van der Waals surface area (Å²) in [6.07, 6.45) is 1.98. The largest absolute Gasteiger partial charge is 0.409 e. The van der Waals surface area contributed by atoms with Crippen LogP contribution in [-0.4, -0.2) is 17.0 Å². The molecule has 19 heavy (non-hydrogen) atoms. The maximum absolute atomic E-state index is 12.3. The van der Waals surface area contributed by atoms with E-state index >= 15 is 0 Å². The Balaban J connectivity index is 2.21. The molecule has 5 nitrogen and oxygen atoms in total. The highest BCUT2D eigenvalue weighted by atomic mass is 35.5. The van der Waals surface area contributed by atoms with Gasteiger partial charge in [0.2, 0.25) is 5.91 Å². The van der Waals surface area contributed by atoms with Crippen molar-refractivity contribution in [3.05, 3.63) is 28.2 Å². The number of carbonyl (C=O) groups is 1. The van der Waals surface area contributed by atoms with Crippen LogP contribution in [0.3, 0.4) is 0 Å². The fourth-order valence-electron chi connectivity index (χ4n) is 2.10. The Morgan fingerprint density at radius 2 is 1.89 bits per heavy atom. The van der Waals surface area contributed by atoms with Crippen LogP contribution in [0.2, 0.25) is 10.0 Å². The fourth-order valence-corrected chi connectivity index (χ4v) is 2.63. The fraction of sp³-hybridized carbons (Fsp3) is 0.333. The molecule has 1 aromatic carbocycles. The average molecular weight is 302 g/mol. The van der Waals surface area contributed by atoms with Gasteiger partial charge in [-0.1, -0.05) is 34.8 Å². The van der Waals surface area contributed by atoms with Gasteiger partial charge in [0.15, 0.2) is 5.84 Å². The van der Waals surface area contributed by atoms with Crippen LogP contribution in [0.5, 0.6) is 0 Å². The van der Waals surface area contributed by atoms with Crippen molar-refractivity contribution in [2.24, 2.45) is 16.3 Å². The van der Waals surface area contributed by atoms with Crippen LogP contribution >= 0.6 is 23.2 Å². The van der Waals surface area contributed by atoms with Gasteiger partial charge in [0.25, 0.3) is 0 Å². The van der Waals surface area contributed by atoms with E-state index in [4.69, 9.17) is 34.1 Å². The first kappa shape index (κ1) is 14.0. The SMILES string of the molecule is N/C(=N/O)C1(C(=O)Nc2cc(Cl)cc(Cl)c2)CCC1. The number of hydrogen-bond donors (Lipinski definition) is 3. The van der Waals surface area contributed by atoms with Gasteiger partial charge in [0, 0.05) is 15.7 Å². The van der Waals surface area contributed by atoms with Crippen molar-refractivity contribution in [3.8, 4) is 0 Å². The second kappa shape index (κ2) is 5.27. The molecular formula is C12H13Cl2N3O2. The molecule has 0 atom stereocenters. The van der Waals surface area contributed by atoms with Crippen LogP contribution in [0, 0.1) is 5.41 Å². The summed E-state index contributed by atoms with van der Waals surface area (Å²) in [4.78, 5) is 12.3. The van der Waals surface area contributed by atoms with E-state index < -0.39 is 5.41 Å². The minimum Gasteiger partial charge on any atom is -0.409 e. The molecule has 1 amide bonds. The Bertz CT molecular complexity index is 522. The van der Waals surface area contributed by atoms with Gasteiger partial charge in [0.05, 0.1) is 0 Å². The molecule has 1 saturated carbocycles. The number of nitrogens with one attached hydrogen (secondary N) is 1. The number of hydrogen-bond acceptors (Lipinski definition) is 3. The van der Waals surface area contributed by atoms with Crippen LogP contribution in [0.1, 0.15) is 19.3 Å². The molecule has 0 radical (unpaired) electrons. The van der Waals surface area contributed by atoms with Crippen LogP contribution in [0.25, 0.3) is 0 Å². The standard InChI is InChI=1S/C12H13Cl2N3O2/c13-7-4-8(14)6-9(5-7)16-11(18)12(2-1-3-12)10(15)17-19/h4-6,19H,1-3H2,(H2,15,17)(H,16,18). The zero-order chi connectivity index (χ0) is 14.0. The van der Waals surface area contributed by atoms with Gasteiger partial charge < -0.3 is 16.3 Å². The van der Waals surface area contributed by atoms with Gasteiger partial charge in [0.1, 0.15) is 5.41 Å². The maximum atomic E-state index is 12.3. The minimum atomic E-state index is -0.927. The zero-order valence-corrected chi connectivity index (χ0v) is 11.5. The Morgan fingerprint density at radius 3 is 2.32 bits per heavy atom. The summed E-state index contributed by atoms with van der Waals surface area (Å²) in [5.74, 6) is -0.378. The van der Waals surface area contributed by atoms with Crippen molar-refractivity contribution in [3.63, 3.8) is 0 Å². The van der Waals surface area contributed by atoms with Crippen molar-refractivity contribution < 1.29 is 10.0 Å². The Hall–Kier alpha value is -1.46. The molecule has 102 valence electrons. The van der Waals surface area contributed by atoms with E-state index in [2.05, 4.69) is 10.5 Å².